The van der Waals surface area contributed by atoms with Crippen molar-refractivity contribution in [3.63, 3.8) is 0 Å². The summed E-state index contributed by atoms with van der Waals surface area (Å²) < 4.78 is 6.20. The van der Waals surface area contributed by atoms with E-state index in [1.807, 2.05) is 35.2 Å². The first-order valence-electron chi connectivity index (χ1n) is 9.84. The maximum atomic E-state index is 12.6. The van der Waals surface area contributed by atoms with Crippen molar-refractivity contribution in [1.29, 1.82) is 5.26 Å². The van der Waals surface area contributed by atoms with Crippen LogP contribution < -0.4 is 0 Å². The normalized spacial score (nSPS) is 18.5. The zero-order valence-electron chi connectivity index (χ0n) is 16.0. The van der Waals surface area contributed by atoms with E-state index in [-0.39, 0.29) is 10.8 Å². The number of piperidine rings is 1. The lowest BCUT2D eigenvalue weighted by Crippen LogP contribution is -2.50. The molecule has 2 saturated heterocycles. The molecule has 3 aromatic rings. The number of thioether (sulfide) groups is 1. The van der Waals surface area contributed by atoms with Gasteiger partial charge in [0.1, 0.15) is 11.5 Å². The van der Waals surface area contributed by atoms with E-state index in [0.29, 0.717) is 25.4 Å². The quantitative estimate of drug-likeness (QED) is 0.605. The van der Waals surface area contributed by atoms with Crippen LogP contribution in [0.15, 0.2) is 59.0 Å². The van der Waals surface area contributed by atoms with Gasteiger partial charge in [-0.25, -0.2) is 0 Å². The Labute approximate surface area is 173 Å². The number of likely N-dealkylation sites (tertiary alicyclic amines) is 1. The molecule has 2 aliphatic rings. The molecule has 146 valence electrons. The molecule has 2 fully saturated rings. The summed E-state index contributed by atoms with van der Waals surface area (Å²) in [5.41, 5.74) is 1.06. The number of hydrogen-bond acceptors (Lipinski definition) is 5. The van der Waals surface area contributed by atoms with Crippen molar-refractivity contribution >= 4 is 28.4 Å². The van der Waals surface area contributed by atoms with Crippen LogP contribution in [0, 0.1) is 11.5 Å². The number of carbonyl (C=O) groups excluding carboxylic acids is 1. The van der Waals surface area contributed by atoms with Crippen LogP contribution in [0.3, 0.4) is 0 Å². The number of carbonyl (C=O) groups is 1. The van der Waals surface area contributed by atoms with Gasteiger partial charge in [-0.05, 0) is 35.7 Å². The Morgan fingerprint density at radius 2 is 1.86 bits per heavy atom. The molecule has 2 aliphatic heterocycles. The molecule has 1 spiro atoms. The molecule has 1 aromatic heterocycles. The third-order valence-electron chi connectivity index (χ3n) is 5.97. The summed E-state index contributed by atoms with van der Waals surface area (Å²) in [6.45, 7) is 1.88. The number of benzene rings is 2. The predicted molar refractivity (Wildman–Crippen MR) is 114 cm³/mol. The second-order valence-electron chi connectivity index (χ2n) is 7.59. The molecular weight excluding hydrogens is 382 g/mol. The molecule has 0 atom stereocenters. The highest BCUT2D eigenvalue weighted by molar-refractivity contribution is 8.01. The highest BCUT2D eigenvalue weighted by Gasteiger charge is 2.48. The number of furan rings is 1. The second-order valence-corrected chi connectivity index (χ2v) is 8.93. The minimum atomic E-state index is -0.211. The van der Waals surface area contributed by atoms with E-state index >= 15 is 0 Å². The first-order chi connectivity index (χ1) is 14.2. The molecular formula is C23H21N3O2S. The summed E-state index contributed by atoms with van der Waals surface area (Å²) in [7, 11) is 0. The maximum Gasteiger partial charge on any atom is 0.234 e. The van der Waals surface area contributed by atoms with Gasteiger partial charge in [0.25, 0.3) is 0 Å². The molecule has 0 bridgehead atoms. The van der Waals surface area contributed by atoms with E-state index < -0.39 is 0 Å². The van der Waals surface area contributed by atoms with Crippen LogP contribution in [0.25, 0.3) is 22.1 Å². The summed E-state index contributed by atoms with van der Waals surface area (Å²) >= 11 is 1.72. The SMILES string of the molecule is N#CN1CCC2(CC1)SCC(=O)N2Cc1ccc(-c2cccc3ccccc23)o1. The smallest absolute Gasteiger partial charge is 0.234 e. The maximum absolute atomic E-state index is 12.6. The Morgan fingerprint density at radius 1 is 1.07 bits per heavy atom. The average Bonchev–Trinajstić information content (AvgIpc) is 3.35. The van der Waals surface area contributed by atoms with Gasteiger partial charge >= 0.3 is 0 Å². The number of nitrogens with zero attached hydrogens (tertiary/aromatic N) is 3. The van der Waals surface area contributed by atoms with Gasteiger partial charge in [0.2, 0.25) is 5.91 Å². The van der Waals surface area contributed by atoms with Crippen LogP contribution in [0.1, 0.15) is 18.6 Å². The van der Waals surface area contributed by atoms with Gasteiger partial charge < -0.3 is 14.2 Å². The van der Waals surface area contributed by atoms with Gasteiger partial charge in [-0.1, -0.05) is 42.5 Å². The number of fused-ring (bicyclic) bond motifs is 1. The van der Waals surface area contributed by atoms with Crippen LogP contribution in [0.2, 0.25) is 0 Å². The van der Waals surface area contributed by atoms with E-state index in [9.17, 15) is 4.79 Å². The van der Waals surface area contributed by atoms with Crippen LogP contribution in [0.4, 0.5) is 0 Å². The van der Waals surface area contributed by atoms with Crippen molar-refractivity contribution in [2.24, 2.45) is 0 Å². The van der Waals surface area contributed by atoms with E-state index in [4.69, 9.17) is 9.68 Å². The minimum absolute atomic E-state index is 0.156. The molecule has 0 saturated carbocycles. The Morgan fingerprint density at radius 3 is 2.69 bits per heavy atom. The van der Waals surface area contributed by atoms with E-state index in [1.54, 1.807) is 16.7 Å². The molecule has 5 rings (SSSR count). The Balaban J connectivity index is 1.41. The Hall–Kier alpha value is -2.91. The lowest BCUT2D eigenvalue weighted by molar-refractivity contribution is -0.132. The van der Waals surface area contributed by atoms with Crippen LogP contribution >= 0.6 is 11.8 Å². The zero-order valence-corrected chi connectivity index (χ0v) is 16.8. The molecule has 29 heavy (non-hydrogen) atoms. The van der Waals surface area contributed by atoms with Crippen LogP contribution in [0.5, 0.6) is 0 Å². The monoisotopic (exact) mass is 403 g/mol. The fraction of sp³-hybridized carbons (Fsp3) is 0.304. The van der Waals surface area contributed by atoms with E-state index in [2.05, 4.69) is 30.5 Å². The number of amides is 1. The van der Waals surface area contributed by atoms with Crippen molar-refractivity contribution < 1.29 is 9.21 Å². The molecule has 0 aliphatic carbocycles. The van der Waals surface area contributed by atoms with Crippen molar-refractivity contribution in [3.8, 4) is 17.5 Å². The third kappa shape index (κ3) is 3.16. The summed E-state index contributed by atoms with van der Waals surface area (Å²) in [6.07, 6.45) is 3.85. The first-order valence-corrected chi connectivity index (χ1v) is 10.8. The molecule has 0 unspecified atom stereocenters. The second kappa shape index (κ2) is 7.16. The number of hydrogen-bond donors (Lipinski definition) is 0. The zero-order chi connectivity index (χ0) is 19.8. The average molecular weight is 404 g/mol. The lowest BCUT2D eigenvalue weighted by atomic mass is 10.0. The summed E-state index contributed by atoms with van der Waals surface area (Å²) in [5.74, 6) is 2.28. The fourth-order valence-corrected chi connectivity index (χ4v) is 5.73. The molecule has 2 aromatic carbocycles. The Kier molecular flexibility index (Phi) is 4.48. The summed E-state index contributed by atoms with van der Waals surface area (Å²) in [5, 5.41) is 11.5. The topological polar surface area (TPSA) is 60.5 Å². The molecule has 1 amide bonds. The third-order valence-corrected chi connectivity index (χ3v) is 7.53. The van der Waals surface area contributed by atoms with Gasteiger partial charge in [0, 0.05) is 18.7 Å². The molecule has 6 heteroatoms. The van der Waals surface area contributed by atoms with Gasteiger partial charge in [0.05, 0.1) is 17.2 Å². The van der Waals surface area contributed by atoms with E-state index in [0.717, 1.165) is 35.3 Å². The van der Waals surface area contributed by atoms with Gasteiger partial charge in [-0.3, -0.25) is 4.79 Å². The van der Waals surface area contributed by atoms with Crippen molar-refractivity contribution in [1.82, 2.24) is 9.80 Å². The number of nitriles is 1. The molecule has 3 heterocycles. The lowest BCUT2D eigenvalue weighted by Gasteiger charge is -2.42. The highest BCUT2D eigenvalue weighted by Crippen LogP contribution is 2.45. The van der Waals surface area contributed by atoms with Gasteiger partial charge in [-0.15, -0.1) is 11.8 Å². The largest absolute Gasteiger partial charge is 0.459 e. The van der Waals surface area contributed by atoms with Gasteiger partial charge in [0.15, 0.2) is 6.19 Å². The fourth-order valence-electron chi connectivity index (χ4n) is 4.39. The predicted octanol–water partition coefficient (Wildman–Crippen LogP) is 4.45. The summed E-state index contributed by atoms with van der Waals surface area (Å²) in [6, 6.07) is 18.5. The van der Waals surface area contributed by atoms with Crippen LogP contribution in [-0.2, 0) is 11.3 Å². The molecule has 5 nitrogen and oxygen atoms in total. The molecule has 0 N–H and O–H groups in total. The van der Waals surface area contributed by atoms with Crippen molar-refractivity contribution in [2.45, 2.75) is 24.3 Å². The van der Waals surface area contributed by atoms with Crippen LogP contribution in [-0.4, -0.2) is 39.4 Å². The molecule has 0 radical (unpaired) electrons. The van der Waals surface area contributed by atoms with Crippen molar-refractivity contribution in [2.75, 3.05) is 18.8 Å². The highest BCUT2D eigenvalue weighted by atomic mass is 32.2. The van der Waals surface area contributed by atoms with Gasteiger partial charge in [-0.2, -0.15) is 5.26 Å². The van der Waals surface area contributed by atoms with Crippen molar-refractivity contribution in [3.05, 3.63) is 60.4 Å². The first kappa shape index (κ1) is 18.1. The van der Waals surface area contributed by atoms with E-state index in [1.165, 1.54) is 5.39 Å². The standard InChI is InChI=1S/C23H21N3O2S/c24-16-25-12-10-23(11-13-25)26(22(27)15-29-23)14-18-8-9-21(28-18)20-7-3-5-17-4-1-2-6-19(17)20/h1-9H,10-15H2. The summed E-state index contributed by atoms with van der Waals surface area (Å²) in [4.78, 5) is 16.2. The minimum Gasteiger partial charge on any atom is -0.459 e. The Bertz CT molecular complexity index is 1100. The number of rotatable bonds is 3.